The molecule has 2 rings (SSSR count). The smallest absolute Gasteiger partial charge is 0.128 e. The molecule has 3 nitrogen and oxygen atoms in total. The third kappa shape index (κ3) is 2.90. The van der Waals surface area contributed by atoms with Crippen LogP contribution in [0.25, 0.3) is 0 Å². The molecule has 0 aliphatic rings. The number of rotatable bonds is 6. The van der Waals surface area contributed by atoms with Gasteiger partial charge >= 0.3 is 0 Å². The molecule has 0 fully saturated rings. The topological polar surface area (TPSA) is 29.9 Å². The molecule has 1 heterocycles. The summed E-state index contributed by atoms with van der Waals surface area (Å²) in [6.07, 6.45) is 1.80. The van der Waals surface area contributed by atoms with E-state index in [2.05, 4.69) is 24.3 Å². The van der Waals surface area contributed by atoms with Crippen LogP contribution in [0.15, 0.2) is 24.3 Å². The summed E-state index contributed by atoms with van der Waals surface area (Å²) in [5.74, 6) is -0.168. The summed E-state index contributed by atoms with van der Waals surface area (Å²) in [7, 11) is 1.94. The van der Waals surface area contributed by atoms with Gasteiger partial charge in [-0.15, -0.1) is 0 Å². The van der Waals surface area contributed by atoms with Gasteiger partial charge in [-0.1, -0.05) is 32.0 Å². The molecule has 2 aromatic rings. The van der Waals surface area contributed by atoms with Crippen molar-refractivity contribution in [3.05, 3.63) is 52.6 Å². The Morgan fingerprint density at radius 3 is 2.55 bits per heavy atom. The highest BCUT2D eigenvalue weighted by Crippen LogP contribution is 2.18. The van der Waals surface area contributed by atoms with Crippen molar-refractivity contribution < 1.29 is 4.39 Å². The highest BCUT2D eigenvalue weighted by molar-refractivity contribution is 5.28. The molecule has 0 bridgehead atoms. The molecule has 0 radical (unpaired) electrons. The molecule has 0 atom stereocenters. The van der Waals surface area contributed by atoms with Crippen molar-refractivity contribution in [2.45, 2.75) is 39.8 Å². The van der Waals surface area contributed by atoms with Crippen molar-refractivity contribution in [2.24, 2.45) is 0 Å². The predicted molar refractivity (Wildman–Crippen MR) is 79.2 cm³/mol. The minimum atomic E-state index is -0.168. The van der Waals surface area contributed by atoms with Gasteiger partial charge in [-0.2, -0.15) is 5.10 Å². The van der Waals surface area contributed by atoms with Crippen LogP contribution in [0, 0.1) is 5.82 Å². The largest absolute Gasteiger partial charge is 0.316 e. The lowest BCUT2D eigenvalue weighted by Crippen LogP contribution is -2.11. The molecule has 0 spiro atoms. The monoisotopic (exact) mass is 275 g/mol. The van der Waals surface area contributed by atoms with Crippen molar-refractivity contribution in [3.8, 4) is 0 Å². The quantitative estimate of drug-likeness (QED) is 0.878. The fourth-order valence-electron chi connectivity index (χ4n) is 2.57. The molecule has 108 valence electrons. The lowest BCUT2D eigenvalue weighted by Gasteiger charge is -2.08. The van der Waals surface area contributed by atoms with Crippen molar-refractivity contribution >= 4 is 0 Å². The van der Waals surface area contributed by atoms with E-state index in [1.807, 2.05) is 23.9 Å². The molecule has 0 unspecified atom stereocenters. The summed E-state index contributed by atoms with van der Waals surface area (Å²) in [6.45, 7) is 5.53. The van der Waals surface area contributed by atoms with E-state index in [1.165, 1.54) is 17.3 Å². The standard InChI is InChI=1S/C16H22FN3/c1-4-15-13(10-18-3)16(5-2)20(19-15)11-12-8-6-7-9-14(12)17/h6-9,18H,4-5,10-11H2,1-3H3. The molecule has 1 aromatic heterocycles. The van der Waals surface area contributed by atoms with Crippen LogP contribution >= 0.6 is 0 Å². The molecule has 4 heteroatoms. The molecule has 0 amide bonds. The number of nitrogens with zero attached hydrogens (tertiary/aromatic N) is 2. The first-order valence-corrected chi connectivity index (χ1v) is 7.16. The average molecular weight is 275 g/mol. The SMILES string of the molecule is CCc1nn(Cc2ccccc2F)c(CC)c1CNC. The van der Waals surface area contributed by atoms with Crippen molar-refractivity contribution in [1.82, 2.24) is 15.1 Å². The Balaban J connectivity index is 2.39. The highest BCUT2D eigenvalue weighted by Gasteiger charge is 2.15. The van der Waals surface area contributed by atoms with Gasteiger partial charge in [0.25, 0.3) is 0 Å². The Morgan fingerprint density at radius 2 is 1.95 bits per heavy atom. The van der Waals surface area contributed by atoms with E-state index in [0.29, 0.717) is 12.1 Å². The van der Waals surface area contributed by atoms with Gasteiger partial charge in [0.1, 0.15) is 5.82 Å². The Hall–Kier alpha value is -1.68. The molecule has 0 aliphatic carbocycles. The van der Waals surface area contributed by atoms with E-state index in [9.17, 15) is 4.39 Å². The minimum absolute atomic E-state index is 0.168. The van der Waals surface area contributed by atoms with Gasteiger partial charge in [0.05, 0.1) is 12.2 Å². The number of hydrogen-bond acceptors (Lipinski definition) is 2. The molecule has 1 N–H and O–H groups in total. The maximum absolute atomic E-state index is 13.8. The number of aromatic nitrogens is 2. The third-order valence-electron chi connectivity index (χ3n) is 3.55. The number of halogens is 1. The summed E-state index contributed by atoms with van der Waals surface area (Å²) in [5.41, 5.74) is 4.24. The van der Waals surface area contributed by atoms with Crippen molar-refractivity contribution in [2.75, 3.05) is 7.05 Å². The number of aryl methyl sites for hydroxylation is 1. The summed E-state index contributed by atoms with van der Waals surface area (Å²) in [5, 5.41) is 7.86. The summed E-state index contributed by atoms with van der Waals surface area (Å²) >= 11 is 0. The van der Waals surface area contributed by atoms with Gasteiger partial charge in [0, 0.05) is 23.4 Å². The van der Waals surface area contributed by atoms with Gasteiger partial charge in [-0.25, -0.2) is 4.39 Å². The Labute approximate surface area is 119 Å². The minimum Gasteiger partial charge on any atom is -0.316 e. The summed E-state index contributed by atoms with van der Waals surface area (Å²) in [6, 6.07) is 6.90. The van der Waals surface area contributed by atoms with Crippen LogP contribution < -0.4 is 5.32 Å². The first-order chi connectivity index (χ1) is 9.71. The molecule has 0 saturated carbocycles. The maximum Gasteiger partial charge on any atom is 0.128 e. The van der Waals surface area contributed by atoms with Crippen LogP contribution in [0.2, 0.25) is 0 Å². The van der Waals surface area contributed by atoms with E-state index in [0.717, 1.165) is 25.1 Å². The molecule has 0 aliphatic heterocycles. The zero-order chi connectivity index (χ0) is 14.5. The van der Waals surface area contributed by atoms with Crippen LogP contribution in [0.5, 0.6) is 0 Å². The number of benzene rings is 1. The normalized spacial score (nSPS) is 11.0. The van der Waals surface area contributed by atoms with Gasteiger partial charge in [-0.05, 0) is 26.0 Å². The second kappa shape index (κ2) is 6.66. The Bertz CT molecular complexity index is 575. The van der Waals surface area contributed by atoms with E-state index in [1.54, 1.807) is 6.07 Å². The number of hydrogen-bond donors (Lipinski definition) is 1. The van der Waals surface area contributed by atoms with Gasteiger partial charge in [0.2, 0.25) is 0 Å². The first kappa shape index (κ1) is 14.7. The van der Waals surface area contributed by atoms with E-state index >= 15 is 0 Å². The second-order valence-electron chi connectivity index (χ2n) is 4.86. The zero-order valence-electron chi connectivity index (χ0n) is 12.4. The van der Waals surface area contributed by atoms with E-state index in [4.69, 9.17) is 0 Å². The molecule has 1 aromatic carbocycles. The lowest BCUT2D eigenvalue weighted by molar-refractivity contribution is 0.573. The third-order valence-corrected chi connectivity index (χ3v) is 3.55. The number of nitrogens with one attached hydrogen (secondary N) is 1. The fourth-order valence-corrected chi connectivity index (χ4v) is 2.57. The first-order valence-electron chi connectivity index (χ1n) is 7.16. The van der Waals surface area contributed by atoms with Crippen molar-refractivity contribution in [1.29, 1.82) is 0 Å². The molecule has 20 heavy (non-hydrogen) atoms. The van der Waals surface area contributed by atoms with Gasteiger partial charge in [0.15, 0.2) is 0 Å². The maximum atomic E-state index is 13.8. The molecular formula is C16H22FN3. The molecular weight excluding hydrogens is 253 g/mol. The van der Waals surface area contributed by atoms with Gasteiger partial charge < -0.3 is 5.32 Å². The Kier molecular flexibility index (Phi) is 4.90. The predicted octanol–water partition coefficient (Wildman–Crippen LogP) is 2.91. The van der Waals surface area contributed by atoms with E-state index in [-0.39, 0.29) is 5.82 Å². The zero-order valence-corrected chi connectivity index (χ0v) is 12.4. The van der Waals surface area contributed by atoms with E-state index < -0.39 is 0 Å². The van der Waals surface area contributed by atoms with Crippen LogP contribution in [0.1, 0.15) is 36.4 Å². The summed E-state index contributed by atoms with van der Waals surface area (Å²) in [4.78, 5) is 0. The Morgan fingerprint density at radius 1 is 1.20 bits per heavy atom. The van der Waals surface area contributed by atoms with Gasteiger partial charge in [-0.3, -0.25) is 4.68 Å². The second-order valence-corrected chi connectivity index (χ2v) is 4.86. The van der Waals surface area contributed by atoms with Crippen LogP contribution in [0.4, 0.5) is 4.39 Å². The lowest BCUT2D eigenvalue weighted by atomic mass is 10.1. The van der Waals surface area contributed by atoms with Crippen LogP contribution in [-0.4, -0.2) is 16.8 Å². The highest BCUT2D eigenvalue weighted by atomic mass is 19.1. The van der Waals surface area contributed by atoms with Crippen LogP contribution in [-0.2, 0) is 25.9 Å². The molecule has 0 saturated heterocycles. The summed E-state index contributed by atoms with van der Waals surface area (Å²) < 4.78 is 15.7. The van der Waals surface area contributed by atoms with Crippen LogP contribution in [0.3, 0.4) is 0 Å². The fraction of sp³-hybridized carbons (Fsp3) is 0.438. The van der Waals surface area contributed by atoms with Crippen molar-refractivity contribution in [3.63, 3.8) is 0 Å². The average Bonchev–Trinajstić information content (AvgIpc) is 2.79.